The predicted octanol–water partition coefficient (Wildman–Crippen LogP) is 3.63. The number of amides is 1. The van der Waals surface area contributed by atoms with Crippen LogP contribution in [0.25, 0.3) is 0 Å². The lowest BCUT2D eigenvalue weighted by Gasteiger charge is -2.23. The molecule has 0 heterocycles. The van der Waals surface area contributed by atoms with E-state index in [1.807, 2.05) is 37.3 Å². The Morgan fingerprint density at radius 1 is 1.25 bits per heavy atom. The van der Waals surface area contributed by atoms with E-state index in [1.165, 1.54) is 4.90 Å². The summed E-state index contributed by atoms with van der Waals surface area (Å²) < 4.78 is 37.3. The van der Waals surface area contributed by atoms with Gasteiger partial charge in [0, 0.05) is 13.1 Å². The maximum Gasteiger partial charge on any atom is 0.432 e. The van der Waals surface area contributed by atoms with Crippen LogP contribution in [-0.2, 0) is 11.3 Å². The van der Waals surface area contributed by atoms with Crippen molar-refractivity contribution in [1.29, 1.82) is 5.41 Å². The molecule has 24 heavy (non-hydrogen) atoms. The van der Waals surface area contributed by atoms with Crippen LogP contribution in [0.4, 0.5) is 13.2 Å². The van der Waals surface area contributed by atoms with Gasteiger partial charge in [0.05, 0.1) is 5.70 Å². The summed E-state index contributed by atoms with van der Waals surface area (Å²) in [5.41, 5.74) is 4.15. The highest BCUT2D eigenvalue weighted by molar-refractivity contribution is 6.04. The van der Waals surface area contributed by atoms with Crippen molar-refractivity contribution in [2.45, 2.75) is 38.9 Å². The zero-order chi connectivity index (χ0) is 18.2. The first-order valence-corrected chi connectivity index (χ1v) is 7.71. The molecule has 0 aliphatic carbocycles. The standard InChI is InChI=1S/C17H22F3N3O/c1-2-3-7-10-23(12-13-8-5-4-6-9-13)16(24)14(21)11-15(22)17(18,19)20/h4-6,8-9,11,22H,2-3,7,10,12,21H2,1H3/b14-11-,22-15?. The van der Waals surface area contributed by atoms with Crippen LogP contribution in [-0.4, -0.2) is 29.2 Å². The highest BCUT2D eigenvalue weighted by Crippen LogP contribution is 2.18. The van der Waals surface area contributed by atoms with Crippen LogP contribution in [0, 0.1) is 5.41 Å². The van der Waals surface area contributed by atoms with Gasteiger partial charge in [-0.05, 0) is 18.1 Å². The number of halogens is 3. The number of hydrogen-bond donors (Lipinski definition) is 2. The fourth-order valence-corrected chi connectivity index (χ4v) is 2.09. The van der Waals surface area contributed by atoms with E-state index in [1.54, 1.807) is 0 Å². The lowest BCUT2D eigenvalue weighted by atomic mass is 10.1. The Balaban J connectivity index is 2.89. The second-order valence-corrected chi connectivity index (χ2v) is 5.43. The number of rotatable bonds is 8. The van der Waals surface area contributed by atoms with Crippen LogP contribution in [0.3, 0.4) is 0 Å². The second-order valence-electron chi connectivity index (χ2n) is 5.43. The lowest BCUT2D eigenvalue weighted by molar-refractivity contribution is -0.127. The van der Waals surface area contributed by atoms with E-state index in [0.29, 0.717) is 12.6 Å². The van der Waals surface area contributed by atoms with Gasteiger partial charge in [0.1, 0.15) is 5.71 Å². The molecule has 1 aromatic carbocycles. The molecule has 0 aromatic heterocycles. The molecule has 132 valence electrons. The maximum absolute atomic E-state index is 12.4. The van der Waals surface area contributed by atoms with E-state index >= 15 is 0 Å². The lowest BCUT2D eigenvalue weighted by Crippen LogP contribution is -2.36. The summed E-state index contributed by atoms with van der Waals surface area (Å²) in [6, 6.07) is 9.15. The summed E-state index contributed by atoms with van der Waals surface area (Å²) in [6.07, 6.45) is -1.85. The molecule has 0 saturated carbocycles. The molecule has 0 bridgehead atoms. The summed E-state index contributed by atoms with van der Waals surface area (Å²) in [5, 5.41) is 6.94. The Morgan fingerprint density at radius 3 is 2.42 bits per heavy atom. The van der Waals surface area contributed by atoms with E-state index in [-0.39, 0.29) is 6.54 Å². The Labute approximate surface area is 139 Å². The molecule has 0 aliphatic rings. The van der Waals surface area contributed by atoms with E-state index < -0.39 is 23.5 Å². The molecule has 1 amide bonds. The van der Waals surface area contributed by atoms with Gasteiger partial charge >= 0.3 is 6.18 Å². The first-order chi connectivity index (χ1) is 11.3. The number of nitrogens with one attached hydrogen (secondary N) is 1. The third-order valence-corrected chi connectivity index (χ3v) is 3.39. The molecule has 0 saturated heterocycles. The van der Waals surface area contributed by atoms with Gasteiger partial charge in [0.15, 0.2) is 0 Å². The summed E-state index contributed by atoms with van der Waals surface area (Å²) in [4.78, 5) is 13.8. The van der Waals surface area contributed by atoms with E-state index in [9.17, 15) is 18.0 Å². The van der Waals surface area contributed by atoms with Gasteiger partial charge in [-0.3, -0.25) is 10.2 Å². The number of hydrogen-bond acceptors (Lipinski definition) is 3. The third kappa shape index (κ3) is 6.44. The van der Waals surface area contributed by atoms with Crippen molar-refractivity contribution in [3.8, 4) is 0 Å². The van der Waals surface area contributed by atoms with Crippen molar-refractivity contribution in [2.75, 3.05) is 6.54 Å². The topological polar surface area (TPSA) is 70.2 Å². The van der Waals surface area contributed by atoms with E-state index in [0.717, 1.165) is 24.8 Å². The van der Waals surface area contributed by atoms with Crippen molar-refractivity contribution in [1.82, 2.24) is 4.90 Å². The fraction of sp³-hybridized carbons (Fsp3) is 0.412. The average Bonchev–Trinajstić information content (AvgIpc) is 2.53. The highest BCUT2D eigenvalue weighted by atomic mass is 19.4. The van der Waals surface area contributed by atoms with E-state index in [2.05, 4.69) is 0 Å². The number of allylic oxidation sites excluding steroid dienone is 1. The van der Waals surface area contributed by atoms with Crippen molar-refractivity contribution < 1.29 is 18.0 Å². The monoisotopic (exact) mass is 341 g/mol. The molecule has 4 nitrogen and oxygen atoms in total. The number of carbonyl (C=O) groups is 1. The molecule has 7 heteroatoms. The normalized spacial score (nSPS) is 12.1. The Morgan fingerprint density at radius 2 is 1.88 bits per heavy atom. The number of alkyl halides is 3. The summed E-state index contributed by atoms with van der Waals surface area (Å²) in [6.45, 7) is 2.68. The molecular weight excluding hydrogens is 319 g/mol. The Kier molecular flexibility index (Phi) is 7.48. The van der Waals surface area contributed by atoms with E-state index in [4.69, 9.17) is 11.1 Å². The number of nitrogens with two attached hydrogens (primary N) is 1. The first-order valence-electron chi connectivity index (χ1n) is 7.71. The van der Waals surface area contributed by atoms with Crippen LogP contribution in [0.1, 0.15) is 31.7 Å². The number of unbranched alkanes of at least 4 members (excludes halogenated alkanes) is 2. The number of nitrogens with zero attached hydrogens (tertiary/aromatic N) is 1. The minimum Gasteiger partial charge on any atom is -0.394 e. The summed E-state index contributed by atoms with van der Waals surface area (Å²) in [5.74, 6) is -0.691. The van der Waals surface area contributed by atoms with Crippen LogP contribution in [0.15, 0.2) is 42.1 Å². The quantitative estimate of drug-likeness (QED) is 0.431. The molecule has 3 N–H and O–H groups in total. The second kappa shape index (κ2) is 9.10. The van der Waals surface area contributed by atoms with Gasteiger partial charge in [-0.1, -0.05) is 50.1 Å². The van der Waals surface area contributed by atoms with Crippen LogP contribution < -0.4 is 5.73 Å². The first kappa shape index (κ1) is 19.7. The molecule has 0 fully saturated rings. The SMILES string of the molecule is CCCCCN(Cc1ccccc1)C(=O)/C(N)=C/C(=N)C(F)(F)F. The summed E-state index contributed by atoms with van der Waals surface area (Å²) >= 11 is 0. The molecule has 0 aliphatic heterocycles. The largest absolute Gasteiger partial charge is 0.432 e. The number of benzene rings is 1. The van der Waals surface area contributed by atoms with Crippen molar-refractivity contribution in [3.63, 3.8) is 0 Å². The average molecular weight is 341 g/mol. The van der Waals surface area contributed by atoms with Crippen LogP contribution in [0.5, 0.6) is 0 Å². The zero-order valence-corrected chi connectivity index (χ0v) is 13.6. The van der Waals surface area contributed by atoms with Gasteiger partial charge in [-0.25, -0.2) is 0 Å². The predicted molar refractivity (Wildman–Crippen MR) is 87.4 cm³/mol. The van der Waals surface area contributed by atoms with Crippen molar-refractivity contribution in [2.24, 2.45) is 5.73 Å². The Bertz CT molecular complexity index is 582. The smallest absolute Gasteiger partial charge is 0.394 e. The maximum atomic E-state index is 12.4. The highest BCUT2D eigenvalue weighted by Gasteiger charge is 2.33. The molecular formula is C17H22F3N3O. The van der Waals surface area contributed by atoms with Gasteiger partial charge in [-0.15, -0.1) is 0 Å². The van der Waals surface area contributed by atoms with Crippen molar-refractivity contribution in [3.05, 3.63) is 47.7 Å². The van der Waals surface area contributed by atoms with Gasteiger partial charge < -0.3 is 10.6 Å². The molecule has 0 spiro atoms. The third-order valence-electron chi connectivity index (χ3n) is 3.39. The van der Waals surface area contributed by atoms with Gasteiger partial charge in [-0.2, -0.15) is 13.2 Å². The minimum atomic E-state index is -4.82. The molecule has 0 atom stereocenters. The minimum absolute atomic E-state index is 0.261. The van der Waals surface area contributed by atoms with Crippen LogP contribution >= 0.6 is 0 Å². The fourth-order valence-electron chi connectivity index (χ4n) is 2.09. The Hall–Kier alpha value is -2.31. The van der Waals surface area contributed by atoms with Crippen LogP contribution in [0.2, 0.25) is 0 Å². The molecule has 0 radical (unpaired) electrons. The zero-order valence-electron chi connectivity index (χ0n) is 13.6. The van der Waals surface area contributed by atoms with Gasteiger partial charge in [0.2, 0.25) is 0 Å². The molecule has 1 rings (SSSR count). The molecule has 0 unspecified atom stereocenters. The molecule has 1 aromatic rings. The van der Waals surface area contributed by atoms with Crippen molar-refractivity contribution >= 4 is 11.6 Å². The van der Waals surface area contributed by atoms with Gasteiger partial charge in [0.25, 0.3) is 5.91 Å². The number of carbonyl (C=O) groups excluding carboxylic acids is 1. The summed E-state index contributed by atoms with van der Waals surface area (Å²) in [7, 11) is 0.